The van der Waals surface area contributed by atoms with Crippen molar-refractivity contribution in [1.82, 2.24) is 9.71 Å². The zero-order valence-electron chi connectivity index (χ0n) is 13.1. The van der Waals surface area contributed by atoms with Gasteiger partial charge in [-0.15, -0.1) is 11.6 Å². The lowest BCUT2D eigenvalue weighted by atomic mass is 10.2. The summed E-state index contributed by atoms with van der Waals surface area (Å²) < 4.78 is 27.5. The molecule has 0 saturated carbocycles. The standard InChI is InChI=1S/C16H18ClN3O3S/c1-12-5-6-14(20-16(21)11-17)10-15(12)24(22,23)19-9-7-13-4-2-3-8-18-13/h2-6,8,10,19H,7,9,11H2,1H3,(H,20,21). The summed E-state index contributed by atoms with van der Waals surface area (Å²) in [5.41, 5.74) is 1.78. The Bertz CT molecular complexity index is 811. The molecule has 2 N–H and O–H groups in total. The minimum absolute atomic E-state index is 0.121. The predicted octanol–water partition coefficient (Wildman–Crippen LogP) is 2.09. The van der Waals surface area contributed by atoms with Crippen molar-refractivity contribution in [3.8, 4) is 0 Å². The van der Waals surface area contributed by atoms with Gasteiger partial charge in [0, 0.05) is 30.5 Å². The molecule has 0 unspecified atom stereocenters. The molecule has 0 fully saturated rings. The maximum Gasteiger partial charge on any atom is 0.240 e. The fourth-order valence-electron chi connectivity index (χ4n) is 2.10. The van der Waals surface area contributed by atoms with Crippen LogP contribution in [0.2, 0.25) is 0 Å². The van der Waals surface area contributed by atoms with E-state index in [9.17, 15) is 13.2 Å². The highest BCUT2D eigenvalue weighted by atomic mass is 35.5. The second kappa shape index (κ2) is 8.23. The minimum atomic E-state index is -3.69. The summed E-state index contributed by atoms with van der Waals surface area (Å²) in [5, 5.41) is 2.54. The van der Waals surface area contributed by atoms with Crippen LogP contribution in [-0.4, -0.2) is 31.7 Å². The summed E-state index contributed by atoms with van der Waals surface area (Å²) in [4.78, 5) is 15.6. The fraction of sp³-hybridized carbons (Fsp3) is 0.250. The molecule has 0 atom stereocenters. The smallest absolute Gasteiger partial charge is 0.240 e. The topological polar surface area (TPSA) is 88.2 Å². The molecule has 0 aliphatic rings. The third-order valence-electron chi connectivity index (χ3n) is 3.28. The number of rotatable bonds is 7. The van der Waals surface area contributed by atoms with Gasteiger partial charge in [0.05, 0.1) is 4.90 Å². The van der Waals surface area contributed by atoms with Crippen LogP contribution < -0.4 is 10.0 Å². The average molecular weight is 368 g/mol. The number of aromatic nitrogens is 1. The summed E-state index contributed by atoms with van der Waals surface area (Å²) in [6, 6.07) is 10.2. The highest BCUT2D eigenvalue weighted by molar-refractivity contribution is 7.89. The monoisotopic (exact) mass is 367 g/mol. The molecular formula is C16H18ClN3O3S. The van der Waals surface area contributed by atoms with E-state index in [-0.39, 0.29) is 17.3 Å². The average Bonchev–Trinajstić information content (AvgIpc) is 2.57. The number of hydrogen-bond donors (Lipinski definition) is 2. The number of nitrogens with zero attached hydrogens (tertiary/aromatic N) is 1. The summed E-state index contributed by atoms with van der Waals surface area (Å²) in [7, 11) is -3.69. The van der Waals surface area contributed by atoms with Crippen molar-refractivity contribution in [3.05, 3.63) is 53.9 Å². The summed E-state index contributed by atoms with van der Waals surface area (Å²) in [6.07, 6.45) is 2.15. The van der Waals surface area contributed by atoms with E-state index in [0.717, 1.165) is 5.69 Å². The van der Waals surface area contributed by atoms with Crippen molar-refractivity contribution in [2.24, 2.45) is 0 Å². The fourth-order valence-corrected chi connectivity index (χ4v) is 3.47. The van der Waals surface area contributed by atoms with Crippen LogP contribution in [0.5, 0.6) is 0 Å². The summed E-state index contributed by atoms with van der Waals surface area (Å²) >= 11 is 5.44. The number of aryl methyl sites for hydroxylation is 1. The van der Waals surface area contributed by atoms with E-state index in [2.05, 4.69) is 15.0 Å². The Balaban J connectivity index is 2.10. The molecule has 1 aromatic heterocycles. The Morgan fingerprint density at radius 1 is 1.25 bits per heavy atom. The highest BCUT2D eigenvalue weighted by Gasteiger charge is 2.17. The van der Waals surface area contributed by atoms with Crippen molar-refractivity contribution in [1.29, 1.82) is 0 Å². The Hall–Kier alpha value is -1.96. The number of carbonyl (C=O) groups excluding carboxylic acids is 1. The Morgan fingerprint density at radius 3 is 2.71 bits per heavy atom. The molecular weight excluding hydrogens is 350 g/mol. The lowest BCUT2D eigenvalue weighted by molar-refractivity contribution is -0.113. The van der Waals surface area contributed by atoms with Gasteiger partial charge in [-0.3, -0.25) is 9.78 Å². The van der Waals surface area contributed by atoms with E-state index >= 15 is 0 Å². The second-order valence-corrected chi connectivity index (χ2v) is 7.13. The molecule has 128 valence electrons. The molecule has 0 aliphatic carbocycles. The first kappa shape index (κ1) is 18.4. The molecule has 1 heterocycles. The van der Waals surface area contributed by atoms with Crippen LogP contribution in [0.15, 0.2) is 47.5 Å². The molecule has 1 amide bonds. The van der Waals surface area contributed by atoms with Crippen molar-refractivity contribution in [2.75, 3.05) is 17.7 Å². The third-order valence-corrected chi connectivity index (χ3v) is 5.13. The van der Waals surface area contributed by atoms with Crippen LogP contribution in [0.4, 0.5) is 5.69 Å². The third kappa shape index (κ3) is 5.02. The number of benzene rings is 1. The van der Waals surface area contributed by atoms with Crippen molar-refractivity contribution >= 4 is 33.2 Å². The van der Waals surface area contributed by atoms with Crippen LogP contribution in [0, 0.1) is 6.92 Å². The van der Waals surface area contributed by atoms with Gasteiger partial charge in [-0.05, 0) is 36.8 Å². The number of amides is 1. The molecule has 24 heavy (non-hydrogen) atoms. The van der Waals surface area contributed by atoms with E-state index < -0.39 is 15.9 Å². The molecule has 0 bridgehead atoms. The van der Waals surface area contributed by atoms with Crippen molar-refractivity contribution in [2.45, 2.75) is 18.2 Å². The van der Waals surface area contributed by atoms with E-state index in [1.54, 1.807) is 31.3 Å². The Kier molecular flexibility index (Phi) is 6.30. The van der Waals surface area contributed by atoms with Gasteiger partial charge in [-0.2, -0.15) is 0 Å². The van der Waals surface area contributed by atoms with Crippen LogP contribution in [0.1, 0.15) is 11.3 Å². The number of sulfonamides is 1. The molecule has 0 aliphatic heterocycles. The van der Waals surface area contributed by atoms with Crippen LogP contribution >= 0.6 is 11.6 Å². The second-order valence-electron chi connectivity index (χ2n) is 5.13. The van der Waals surface area contributed by atoms with Crippen LogP contribution in [-0.2, 0) is 21.2 Å². The first-order valence-corrected chi connectivity index (χ1v) is 9.30. The zero-order valence-corrected chi connectivity index (χ0v) is 14.7. The number of anilines is 1. The Morgan fingerprint density at radius 2 is 2.04 bits per heavy atom. The molecule has 6 nitrogen and oxygen atoms in total. The summed E-state index contributed by atoms with van der Waals surface area (Å²) in [6.45, 7) is 1.93. The lowest BCUT2D eigenvalue weighted by Crippen LogP contribution is -2.27. The van der Waals surface area contributed by atoms with Crippen molar-refractivity contribution in [3.63, 3.8) is 0 Å². The van der Waals surface area contributed by atoms with Crippen molar-refractivity contribution < 1.29 is 13.2 Å². The number of pyridine rings is 1. The number of alkyl halides is 1. The quantitative estimate of drug-likeness (QED) is 0.733. The number of nitrogens with one attached hydrogen (secondary N) is 2. The maximum absolute atomic E-state index is 12.5. The van der Waals surface area contributed by atoms with Gasteiger partial charge < -0.3 is 5.32 Å². The largest absolute Gasteiger partial charge is 0.325 e. The van der Waals surface area contributed by atoms with Gasteiger partial charge in [0.15, 0.2) is 0 Å². The van der Waals surface area contributed by atoms with E-state index in [1.807, 2.05) is 12.1 Å². The van der Waals surface area contributed by atoms with Gasteiger partial charge in [-0.1, -0.05) is 12.1 Å². The minimum Gasteiger partial charge on any atom is -0.325 e. The molecule has 2 aromatic rings. The van der Waals surface area contributed by atoms with Gasteiger partial charge in [-0.25, -0.2) is 13.1 Å². The summed E-state index contributed by atoms with van der Waals surface area (Å²) in [5.74, 6) is -0.592. The number of carbonyl (C=O) groups is 1. The highest BCUT2D eigenvalue weighted by Crippen LogP contribution is 2.20. The molecule has 0 saturated heterocycles. The lowest BCUT2D eigenvalue weighted by Gasteiger charge is -2.11. The molecule has 8 heteroatoms. The van der Waals surface area contributed by atoms with Gasteiger partial charge in [0.2, 0.25) is 15.9 Å². The maximum atomic E-state index is 12.5. The first-order chi connectivity index (χ1) is 11.4. The van der Waals surface area contributed by atoms with Gasteiger partial charge in [0.1, 0.15) is 5.88 Å². The van der Waals surface area contributed by atoms with Crippen LogP contribution in [0.25, 0.3) is 0 Å². The van der Waals surface area contributed by atoms with E-state index in [4.69, 9.17) is 11.6 Å². The molecule has 1 aromatic carbocycles. The number of hydrogen-bond acceptors (Lipinski definition) is 4. The Labute approximate surface area is 146 Å². The first-order valence-electron chi connectivity index (χ1n) is 7.28. The molecule has 0 radical (unpaired) electrons. The molecule has 2 rings (SSSR count). The number of halogens is 1. The van der Waals surface area contributed by atoms with E-state index in [1.165, 1.54) is 6.07 Å². The van der Waals surface area contributed by atoms with E-state index in [0.29, 0.717) is 17.7 Å². The van der Waals surface area contributed by atoms with Gasteiger partial charge in [0.25, 0.3) is 0 Å². The zero-order chi connectivity index (χ0) is 17.6. The normalized spacial score (nSPS) is 11.2. The predicted molar refractivity (Wildman–Crippen MR) is 93.7 cm³/mol. The van der Waals surface area contributed by atoms with Crippen LogP contribution in [0.3, 0.4) is 0 Å². The SMILES string of the molecule is Cc1ccc(NC(=O)CCl)cc1S(=O)(=O)NCCc1ccccn1. The molecule has 0 spiro atoms. The van der Waals surface area contributed by atoms with Gasteiger partial charge >= 0.3 is 0 Å².